The largest absolute Gasteiger partial charge is 0.494 e. The van der Waals surface area contributed by atoms with Gasteiger partial charge < -0.3 is 10.5 Å². The van der Waals surface area contributed by atoms with Crippen molar-refractivity contribution in [1.82, 2.24) is 0 Å². The number of hydrogen-bond acceptors (Lipinski definition) is 2. The van der Waals surface area contributed by atoms with Crippen LogP contribution in [0.5, 0.6) is 5.75 Å². The minimum Gasteiger partial charge on any atom is -0.494 e. The van der Waals surface area contributed by atoms with Gasteiger partial charge in [-0.05, 0) is 54.5 Å². The van der Waals surface area contributed by atoms with Crippen LogP contribution < -0.4 is 10.5 Å². The molecule has 0 saturated heterocycles. The summed E-state index contributed by atoms with van der Waals surface area (Å²) in [6.07, 6.45) is 1.91. The molecule has 118 valence electrons. The van der Waals surface area contributed by atoms with Crippen LogP contribution in [0.3, 0.4) is 0 Å². The highest BCUT2D eigenvalue weighted by Gasteiger charge is 2.08. The van der Waals surface area contributed by atoms with E-state index in [0.717, 1.165) is 18.6 Å². The van der Waals surface area contributed by atoms with Crippen molar-refractivity contribution in [3.05, 3.63) is 65.2 Å². The zero-order valence-electron chi connectivity index (χ0n) is 13.9. The molecule has 0 saturated carbocycles. The summed E-state index contributed by atoms with van der Waals surface area (Å²) in [5.74, 6) is 1.50. The van der Waals surface area contributed by atoms with E-state index in [0.29, 0.717) is 12.5 Å². The van der Waals surface area contributed by atoms with Gasteiger partial charge in [-0.15, -0.1) is 0 Å². The summed E-state index contributed by atoms with van der Waals surface area (Å²) in [4.78, 5) is 0. The number of nitrogens with two attached hydrogens (primary N) is 1. The molecule has 2 N–H and O–H groups in total. The average molecular weight is 297 g/mol. The summed E-state index contributed by atoms with van der Waals surface area (Å²) < 4.78 is 5.54. The van der Waals surface area contributed by atoms with E-state index < -0.39 is 0 Å². The van der Waals surface area contributed by atoms with Gasteiger partial charge in [-0.25, -0.2) is 0 Å². The molecule has 0 radical (unpaired) electrons. The van der Waals surface area contributed by atoms with Gasteiger partial charge in [0.1, 0.15) is 5.75 Å². The lowest BCUT2D eigenvalue weighted by atomic mass is 9.96. The van der Waals surface area contributed by atoms with E-state index in [4.69, 9.17) is 10.5 Å². The normalized spacial score (nSPS) is 12.4. The van der Waals surface area contributed by atoms with Crippen LogP contribution in [-0.2, 0) is 6.42 Å². The standard InChI is InChI=1S/C20H27NO/c1-4-22-19-7-5-6-16(14-19)8-13-20(21)18-11-9-17(10-12-18)15(2)3/h5-7,9-12,14-15,20H,4,8,13,21H2,1-3H3. The van der Waals surface area contributed by atoms with Crippen LogP contribution in [0.1, 0.15) is 55.8 Å². The van der Waals surface area contributed by atoms with Crippen molar-refractivity contribution in [2.45, 2.75) is 45.6 Å². The molecular formula is C20H27NO. The first kappa shape index (κ1) is 16.6. The number of rotatable bonds is 7. The third-order valence-electron chi connectivity index (χ3n) is 3.98. The smallest absolute Gasteiger partial charge is 0.119 e. The molecule has 0 heterocycles. The minimum atomic E-state index is 0.0805. The molecular weight excluding hydrogens is 270 g/mol. The fourth-order valence-corrected chi connectivity index (χ4v) is 2.57. The SMILES string of the molecule is CCOc1cccc(CCC(N)c2ccc(C(C)C)cc2)c1. The lowest BCUT2D eigenvalue weighted by Crippen LogP contribution is -2.11. The molecule has 2 heteroatoms. The second-order valence-electron chi connectivity index (χ2n) is 6.05. The summed E-state index contributed by atoms with van der Waals surface area (Å²) in [6, 6.07) is 17.1. The van der Waals surface area contributed by atoms with Crippen LogP contribution >= 0.6 is 0 Å². The van der Waals surface area contributed by atoms with Crippen molar-refractivity contribution in [3.8, 4) is 5.75 Å². The van der Waals surface area contributed by atoms with Crippen LogP contribution in [0.4, 0.5) is 0 Å². The van der Waals surface area contributed by atoms with Crippen LogP contribution in [0.2, 0.25) is 0 Å². The average Bonchev–Trinajstić information content (AvgIpc) is 2.53. The Balaban J connectivity index is 1.94. The van der Waals surface area contributed by atoms with Gasteiger partial charge in [-0.3, -0.25) is 0 Å². The molecule has 0 fully saturated rings. The first-order valence-corrected chi connectivity index (χ1v) is 8.17. The molecule has 2 rings (SSSR count). The zero-order valence-corrected chi connectivity index (χ0v) is 13.9. The Morgan fingerprint density at radius 3 is 2.32 bits per heavy atom. The summed E-state index contributed by atoms with van der Waals surface area (Å²) in [6.45, 7) is 7.12. The van der Waals surface area contributed by atoms with E-state index in [1.165, 1.54) is 16.7 Å². The van der Waals surface area contributed by atoms with Crippen molar-refractivity contribution in [1.29, 1.82) is 0 Å². The fourth-order valence-electron chi connectivity index (χ4n) is 2.57. The molecule has 0 aliphatic heterocycles. The van der Waals surface area contributed by atoms with Gasteiger partial charge in [0.25, 0.3) is 0 Å². The number of aryl methyl sites for hydroxylation is 1. The van der Waals surface area contributed by atoms with E-state index >= 15 is 0 Å². The molecule has 0 aliphatic rings. The van der Waals surface area contributed by atoms with Gasteiger partial charge in [-0.2, -0.15) is 0 Å². The van der Waals surface area contributed by atoms with Crippen molar-refractivity contribution < 1.29 is 4.74 Å². The van der Waals surface area contributed by atoms with E-state index in [9.17, 15) is 0 Å². The third kappa shape index (κ3) is 4.60. The highest BCUT2D eigenvalue weighted by molar-refractivity contribution is 5.30. The second-order valence-corrected chi connectivity index (χ2v) is 6.05. The van der Waals surface area contributed by atoms with Gasteiger partial charge >= 0.3 is 0 Å². The fraction of sp³-hybridized carbons (Fsp3) is 0.400. The van der Waals surface area contributed by atoms with Crippen LogP contribution in [0.15, 0.2) is 48.5 Å². The molecule has 0 aliphatic carbocycles. The monoisotopic (exact) mass is 297 g/mol. The predicted octanol–water partition coefficient (Wildman–Crippen LogP) is 4.84. The van der Waals surface area contributed by atoms with Gasteiger partial charge in [-0.1, -0.05) is 50.2 Å². The maximum atomic E-state index is 6.33. The highest BCUT2D eigenvalue weighted by Crippen LogP contribution is 2.22. The Kier molecular flexibility index (Phi) is 6.02. The van der Waals surface area contributed by atoms with E-state index in [1.54, 1.807) is 0 Å². The van der Waals surface area contributed by atoms with Crippen LogP contribution in [-0.4, -0.2) is 6.61 Å². The van der Waals surface area contributed by atoms with Crippen molar-refractivity contribution in [2.24, 2.45) is 5.73 Å². The van der Waals surface area contributed by atoms with E-state index in [2.05, 4.69) is 50.2 Å². The van der Waals surface area contributed by atoms with Gasteiger partial charge in [0.2, 0.25) is 0 Å². The van der Waals surface area contributed by atoms with Gasteiger partial charge in [0, 0.05) is 6.04 Å². The Morgan fingerprint density at radius 2 is 1.68 bits per heavy atom. The quantitative estimate of drug-likeness (QED) is 0.793. The molecule has 2 aromatic carbocycles. The van der Waals surface area contributed by atoms with Gasteiger partial charge in [0.05, 0.1) is 6.61 Å². The minimum absolute atomic E-state index is 0.0805. The number of ether oxygens (including phenoxy) is 1. The Labute approximate surface area is 134 Å². The Hall–Kier alpha value is -1.80. The van der Waals surface area contributed by atoms with Crippen LogP contribution in [0, 0.1) is 0 Å². The van der Waals surface area contributed by atoms with E-state index in [1.807, 2.05) is 19.1 Å². The summed E-state index contributed by atoms with van der Waals surface area (Å²) >= 11 is 0. The Bertz CT molecular complexity index is 575. The molecule has 2 nitrogen and oxygen atoms in total. The van der Waals surface area contributed by atoms with Crippen molar-refractivity contribution in [3.63, 3.8) is 0 Å². The first-order chi connectivity index (χ1) is 10.6. The molecule has 0 aromatic heterocycles. The molecule has 1 unspecified atom stereocenters. The Morgan fingerprint density at radius 1 is 1.00 bits per heavy atom. The first-order valence-electron chi connectivity index (χ1n) is 8.17. The second kappa shape index (κ2) is 8.00. The lowest BCUT2D eigenvalue weighted by molar-refractivity contribution is 0.340. The number of hydrogen-bond donors (Lipinski definition) is 1. The predicted molar refractivity (Wildman–Crippen MR) is 93.4 cm³/mol. The van der Waals surface area contributed by atoms with Crippen LogP contribution in [0.25, 0.3) is 0 Å². The molecule has 0 spiro atoms. The van der Waals surface area contributed by atoms with E-state index in [-0.39, 0.29) is 6.04 Å². The summed E-state index contributed by atoms with van der Waals surface area (Å²) in [7, 11) is 0. The molecule has 0 bridgehead atoms. The highest BCUT2D eigenvalue weighted by atomic mass is 16.5. The third-order valence-corrected chi connectivity index (χ3v) is 3.98. The summed E-state index contributed by atoms with van der Waals surface area (Å²) in [5.41, 5.74) is 10.2. The topological polar surface area (TPSA) is 35.2 Å². The number of benzene rings is 2. The molecule has 2 aromatic rings. The van der Waals surface area contributed by atoms with Crippen molar-refractivity contribution >= 4 is 0 Å². The maximum absolute atomic E-state index is 6.33. The molecule has 22 heavy (non-hydrogen) atoms. The molecule has 0 amide bonds. The lowest BCUT2D eigenvalue weighted by Gasteiger charge is -2.14. The molecule has 1 atom stereocenters. The maximum Gasteiger partial charge on any atom is 0.119 e. The summed E-state index contributed by atoms with van der Waals surface area (Å²) in [5, 5.41) is 0. The van der Waals surface area contributed by atoms with Crippen molar-refractivity contribution in [2.75, 3.05) is 6.61 Å². The van der Waals surface area contributed by atoms with Gasteiger partial charge in [0.15, 0.2) is 0 Å². The zero-order chi connectivity index (χ0) is 15.9.